The lowest BCUT2D eigenvalue weighted by atomic mass is 10.1. The van der Waals surface area contributed by atoms with Crippen molar-refractivity contribution in [1.29, 1.82) is 5.41 Å². The molecule has 4 heteroatoms. The molecule has 2 aromatic rings. The average Bonchev–Trinajstić information content (AvgIpc) is 2.49. The maximum absolute atomic E-state index is 14.2. The molecule has 2 rings (SSSR count). The minimum absolute atomic E-state index is 0.115. The number of hydrogen-bond donors (Lipinski definition) is 2. The van der Waals surface area contributed by atoms with E-state index in [4.69, 9.17) is 11.1 Å². The summed E-state index contributed by atoms with van der Waals surface area (Å²) in [6.45, 7) is 5.50. The first-order valence-electron chi connectivity index (χ1n) is 7.38. The molecule has 0 aromatic heterocycles. The lowest BCUT2D eigenvalue weighted by Crippen LogP contribution is -2.30. The Bertz CT molecular complexity index is 638. The van der Waals surface area contributed by atoms with Gasteiger partial charge in [0.1, 0.15) is 11.7 Å². The molecule has 0 radical (unpaired) electrons. The average molecular weight is 299 g/mol. The van der Waals surface area contributed by atoms with Gasteiger partial charge in [-0.3, -0.25) is 10.3 Å². The van der Waals surface area contributed by atoms with E-state index in [0.717, 1.165) is 6.54 Å². The third-order valence-electron chi connectivity index (χ3n) is 3.70. The van der Waals surface area contributed by atoms with E-state index in [2.05, 4.69) is 30.9 Å². The fraction of sp³-hybridized carbons (Fsp3) is 0.278. The minimum atomic E-state index is -0.314. The second-order valence-electron chi connectivity index (χ2n) is 5.70. The minimum Gasteiger partial charge on any atom is -0.384 e. The van der Waals surface area contributed by atoms with Gasteiger partial charge in [-0.1, -0.05) is 42.5 Å². The number of nitrogens with two attached hydrogens (primary N) is 1. The Balaban J connectivity index is 2.16. The zero-order valence-corrected chi connectivity index (χ0v) is 13.0. The molecule has 116 valence electrons. The lowest BCUT2D eigenvalue weighted by Gasteiger charge is -2.27. The van der Waals surface area contributed by atoms with Crippen LogP contribution in [0.25, 0.3) is 0 Å². The van der Waals surface area contributed by atoms with Crippen molar-refractivity contribution < 1.29 is 4.39 Å². The third-order valence-corrected chi connectivity index (χ3v) is 3.70. The van der Waals surface area contributed by atoms with Gasteiger partial charge in [0, 0.05) is 30.3 Å². The summed E-state index contributed by atoms with van der Waals surface area (Å²) in [7, 11) is 0. The largest absolute Gasteiger partial charge is 0.384 e. The van der Waals surface area contributed by atoms with Crippen LogP contribution in [-0.2, 0) is 13.1 Å². The van der Waals surface area contributed by atoms with Crippen LogP contribution in [0.2, 0.25) is 0 Å². The highest BCUT2D eigenvalue weighted by molar-refractivity contribution is 5.94. The zero-order valence-electron chi connectivity index (χ0n) is 13.0. The fourth-order valence-corrected chi connectivity index (χ4v) is 2.30. The number of amidine groups is 1. The van der Waals surface area contributed by atoms with Crippen molar-refractivity contribution in [2.45, 2.75) is 33.0 Å². The number of nitrogens with one attached hydrogen (secondary N) is 1. The van der Waals surface area contributed by atoms with Crippen LogP contribution >= 0.6 is 0 Å². The Morgan fingerprint density at radius 1 is 1.14 bits per heavy atom. The van der Waals surface area contributed by atoms with Crippen LogP contribution in [0.5, 0.6) is 0 Å². The van der Waals surface area contributed by atoms with E-state index >= 15 is 0 Å². The van der Waals surface area contributed by atoms with Crippen molar-refractivity contribution in [3.63, 3.8) is 0 Å². The van der Waals surface area contributed by atoms with Crippen LogP contribution in [-0.4, -0.2) is 16.8 Å². The second kappa shape index (κ2) is 7.18. The fourth-order valence-electron chi connectivity index (χ4n) is 2.30. The summed E-state index contributed by atoms with van der Waals surface area (Å²) in [5, 5.41) is 7.36. The van der Waals surface area contributed by atoms with Crippen molar-refractivity contribution in [1.82, 2.24) is 4.90 Å². The van der Waals surface area contributed by atoms with Gasteiger partial charge >= 0.3 is 0 Å². The monoisotopic (exact) mass is 299 g/mol. The van der Waals surface area contributed by atoms with Gasteiger partial charge in [0.15, 0.2) is 0 Å². The highest BCUT2D eigenvalue weighted by Gasteiger charge is 2.14. The van der Waals surface area contributed by atoms with Gasteiger partial charge in [-0.05, 0) is 25.5 Å². The standard InChI is InChI=1S/C18H22FN3/c1-13(2)22(11-14-6-4-3-5-7-14)12-16-9-8-15(18(20)21)10-17(16)19/h3-10,13H,11-12H2,1-2H3,(H3,20,21). The lowest BCUT2D eigenvalue weighted by molar-refractivity contribution is 0.201. The number of benzene rings is 2. The van der Waals surface area contributed by atoms with Gasteiger partial charge in [0.2, 0.25) is 0 Å². The highest BCUT2D eigenvalue weighted by atomic mass is 19.1. The third kappa shape index (κ3) is 4.15. The summed E-state index contributed by atoms with van der Waals surface area (Å²) in [6.07, 6.45) is 0. The number of nitrogen functional groups attached to an aromatic ring is 1. The molecule has 0 unspecified atom stereocenters. The summed E-state index contributed by atoms with van der Waals surface area (Å²) in [6, 6.07) is 15.2. The van der Waals surface area contributed by atoms with Crippen LogP contribution in [0.1, 0.15) is 30.5 Å². The molecule has 0 spiro atoms. The maximum atomic E-state index is 14.2. The molecule has 0 atom stereocenters. The highest BCUT2D eigenvalue weighted by Crippen LogP contribution is 2.17. The summed E-state index contributed by atoms with van der Waals surface area (Å²) in [5.41, 5.74) is 7.63. The van der Waals surface area contributed by atoms with Gasteiger partial charge in [0.25, 0.3) is 0 Å². The smallest absolute Gasteiger partial charge is 0.128 e. The van der Waals surface area contributed by atoms with E-state index in [1.807, 2.05) is 18.2 Å². The first-order chi connectivity index (χ1) is 10.5. The van der Waals surface area contributed by atoms with Crippen LogP contribution in [0, 0.1) is 11.2 Å². The Labute approximate surface area is 131 Å². The van der Waals surface area contributed by atoms with Crippen LogP contribution in [0.15, 0.2) is 48.5 Å². The molecule has 0 saturated carbocycles. The van der Waals surface area contributed by atoms with E-state index in [-0.39, 0.29) is 11.7 Å². The molecule has 0 bridgehead atoms. The summed E-state index contributed by atoms with van der Waals surface area (Å²) >= 11 is 0. The Hall–Kier alpha value is -2.20. The van der Waals surface area contributed by atoms with Gasteiger partial charge < -0.3 is 5.73 Å². The van der Waals surface area contributed by atoms with E-state index < -0.39 is 0 Å². The SMILES string of the molecule is CC(C)N(Cc1ccccc1)Cc1ccc(C(=N)N)cc1F. The van der Waals surface area contributed by atoms with E-state index in [1.165, 1.54) is 11.6 Å². The van der Waals surface area contributed by atoms with Crippen molar-refractivity contribution in [2.24, 2.45) is 5.73 Å². The number of hydrogen-bond acceptors (Lipinski definition) is 2. The van der Waals surface area contributed by atoms with Gasteiger partial charge in [0.05, 0.1) is 0 Å². The van der Waals surface area contributed by atoms with Crippen molar-refractivity contribution in [3.8, 4) is 0 Å². The predicted octanol–water partition coefficient (Wildman–Crippen LogP) is 3.52. The number of rotatable bonds is 6. The van der Waals surface area contributed by atoms with Crippen molar-refractivity contribution in [3.05, 3.63) is 71.0 Å². The van der Waals surface area contributed by atoms with Gasteiger partial charge in [-0.25, -0.2) is 4.39 Å². The van der Waals surface area contributed by atoms with Crippen molar-refractivity contribution in [2.75, 3.05) is 0 Å². The first kappa shape index (κ1) is 16.2. The molecular formula is C18H22FN3. The van der Waals surface area contributed by atoms with Gasteiger partial charge in [-0.15, -0.1) is 0 Å². The summed E-state index contributed by atoms with van der Waals surface area (Å²) in [5.74, 6) is -0.429. The molecule has 0 aliphatic heterocycles. The van der Waals surface area contributed by atoms with E-state index in [1.54, 1.807) is 12.1 Å². The molecular weight excluding hydrogens is 277 g/mol. The topological polar surface area (TPSA) is 53.1 Å². The summed E-state index contributed by atoms with van der Waals surface area (Å²) in [4.78, 5) is 2.21. The Morgan fingerprint density at radius 3 is 2.36 bits per heavy atom. The molecule has 0 aliphatic rings. The number of nitrogens with zero attached hydrogens (tertiary/aromatic N) is 1. The molecule has 22 heavy (non-hydrogen) atoms. The van der Waals surface area contributed by atoms with Crippen LogP contribution in [0.3, 0.4) is 0 Å². The van der Waals surface area contributed by atoms with Crippen molar-refractivity contribution >= 4 is 5.84 Å². The molecule has 0 amide bonds. The maximum Gasteiger partial charge on any atom is 0.128 e. The van der Waals surface area contributed by atoms with Crippen LogP contribution < -0.4 is 5.73 Å². The molecule has 0 fully saturated rings. The van der Waals surface area contributed by atoms with Gasteiger partial charge in [-0.2, -0.15) is 0 Å². The normalized spacial score (nSPS) is 11.1. The molecule has 0 aliphatic carbocycles. The molecule has 3 nitrogen and oxygen atoms in total. The molecule has 0 saturated heterocycles. The Morgan fingerprint density at radius 2 is 1.82 bits per heavy atom. The van der Waals surface area contributed by atoms with E-state index in [9.17, 15) is 4.39 Å². The Kier molecular flexibility index (Phi) is 5.28. The quantitative estimate of drug-likeness (QED) is 0.633. The molecule has 2 aromatic carbocycles. The number of halogens is 1. The summed E-state index contributed by atoms with van der Waals surface area (Å²) < 4.78 is 14.2. The van der Waals surface area contributed by atoms with E-state index in [0.29, 0.717) is 23.7 Å². The predicted molar refractivity (Wildman–Crippen MR) is 88.2 cm³/mol. The first-order valence-corrected chi connectivity index (χ1v) is 7.38. The zero-order chi connectivity index (χ0) is 16.1. The second-order valence-corrected chi connectivity index (χ2v) is 5.70. The molecule has 0 heterocycles. The van der Waals surface area contributed by atoms with Crippen LogP contribution in [0.4, 0.5) is 4.39 Å². The molecule has 3 N–H and O–H groups in total.